The van der Waals surface area contributed by atoms with Crippen molar-refractivity contribution in [2.45, 2.75) is 19.9 Å². The molecular formula is C17H16Cl2N2O2. The average molecular weight is 351 g/mol. The number of hydrogen-bond donors (Lipinski definition) is 1. The first-order valence-corrected chi connectivity index (χ1v) is 7.80. The van der Waals surface area contributed by atoms with Crippen LogP contribution in [0.15, 0.2) is 48.5 Å². The van der Waals surface area contributed by atoms with Gasteiger partial charge in [-0.1, -0.05) is 41.4 Å². The minimum atomic E-state index is -0.358. The van der Waals surface area contributed by atoms with Crippen molar-refractivity contribution in [1.82, 2.24) is 10.4 Å². The van der Waals surface area contributed by atoms with E-state index in [1.54, 1.807) is 50.2 Å². The highest BCUT2D eigenvalue weighted by Crippen LogP contribution is 2.23. The minimum Gasteiger partial charge on any atom is -0.267 e. The SMILES string of the molecule is CC(C)N(NC(=O)c1ccccc1)C(=O)c1ccc(Cl)c(Cl)c1. The van der Waals surface area contributed by atoms with Crippen molar-refractivity contribution in [2.24, 2.45) is 0 Å². The second-order valence-electron chi connectivity index (χ2n) is 5.20. The molecule has 0 spiro atoms. The molecule has 0 aromatic heterocycles. The van der Waals surface area contributed by atoms with Crippen LogP contribution in [0.1, 0.15) is 34.6 Å². The number of benzene rings is 2. The first-order chi connectivity index (χ1) is 10.9. The lowest BCUT2D eigenvalue weighted by atomic mass is 10.2. The van der Waals surface area contributed by atoms with Crippen molar-refractivity contribution in [3.63, 3.8) is 0 Å². The Hall–Kier alpha value is -2.04. The Kier molecular flexibility index (Phi) is 5.64. The van der Waals surface area contributed by atoms with Gasteiger partial charge >= 0.3 is 0 Å². The number of nitrogens with zero attached hydrogens (tertiary/aromatic N) is 1. The summed E-state index contributed by atoms with van der Waals surface area (Å²) in [5, 5.41) is 1.93. The molecule has 2 aromatic rings. The zero-order valence-corrected chi connectivity index (χ0v) is 14.2. The number of amides is 2. The molecule has 0 radical (unpaired) electrons. The molecule has 0 aliphatic heterocycles. The van der Waals surface area contributed by atoms with Gasteiger partial charge in [0.2, 0.25) is 0 Å². The molecule has 120 valence electrons. The average Bonchev–Trinajstić information content (AvgIpc) is 2.54. The van der Waals surface area contributed by atoms with E-state index >= 15 is 0 Å². The van der Waals surface area contributed by atoms with Crippen LogP contribution in [0.5, 0.6) is 0 Å². The number of hydrazine groups is 1. The van der Waals surface area contributed by atoms with E-state index in [-0.39, 0.29) is 22.9 Å². The molecular weight excluding hydrogens is 335 g/mol. The Morgan fingerprint density at radius 1 is 0.957 bits per heavy atom. The minimum absolute atomic E-state index is 0.232. The molecule has 0 saturated carbocycles. The van der Waals surface area contributed by atoms with Gasteiger partial charge < -0.3 is 0 Å². The van der Waals surface area contributed by atoms with E-state index in [0.29, 0.717) is 16.1 Å². The summed E-state index contributed by atoms with van der Waals surface area (Å²) in [4.78, 5) is 24.9. The fourth-order valence-corrected chi connectivity index (χ4v) is 2.24. The molecule has 0 fully saturated rings. The lowest BCUT2D eigenvalue weighted by molar-refractivity contribution is 0.0516. The number of carbonyl (C=O) groups excluding carboxylic acids is 2. The summed E-state index contributed by atoms with van der Waals surface area (Å²) >= 11 is 11.8. The predicted octanol–water partition coefficient (Wildman–Crippen LogP) is 4.19. The highest BCUT2D eigenvalue weighted by molar-refractivity contribution is 6.42. The molecule has 0 heterocycles. The van der Waals surface area contributed by atoms with Gasteiger partial charge in [0.1, 0.15) is 0 Å². The number of halogens is 2. The normalized spacial score (nSPS) is 10.5. The predicted molar refractivity (Wildman–Crippen MR) is 91.7 cm³/mol. The maximum absolute atomic E-state index is 12.6. The van der Waals surface area contributed by atoms with E-state index in [0.717, 1.165) is 0 Å². The van der Waals surface area contributed by atoms with Crippen LogP contribution >= 0.6 is 23.2 Å². The van der Waals surface area contributed by atoms with Gasteiger partial charge in [-0.15, -0.1) is 0 Å². The molecule has 0 aliphatic carbocycles. The van der Waals surface area contributed by atoms with Crippen LogP contribution < -0.4 is 5.43 Å². The molecule has 0 bridgehead atoms. The molecule has 2 aromatic carbocycles. The van der Waals surface area contributed by atoms with Gasteiger partial charge in [0, 0.05) is 17.2 Å². The van der Waals surface area contributed by atoms with E-state index in [9.17, 15) is 9.59 Å². The van der Waals surface area contributed by atoms with Crippen LogP contribution in [0.4, 0.5) is 0 Å². The standard InChI is InChI=1S/C17H16Cl2N2O2/c1-11(2)21(20-16(22)12-6-4-3-5-7-12)17(23)13-8-9-14(18)15(19)10-13/h3-11H,1-2H3,(H,20,22). The van der Waals surface area contributed by atoms with Crippen molar-refractivity contribution in [2.75, 3.05) is 0 Å². The van der Waals surface area contributed by atoms with Gasteiger partial charge in [-0.2, -0.15) is 0 Å². The van der Waals surface area contributed by atoms with Gasteiger partial charge in [0.15, 0.2) is 0 Å². The lowest BCUT2D eigenvalue weighted by Gasteiger charge is -2.27. The highest BCUT2D eigenvalue weighted by atomic mass is 35.5. The van der Waals surface area contributed by atoms with E-state index in [1.165, 1.54) is 11.1 Å². The Bertz CT molecular complexity index is 718. The van der Waals surface area contributed by atoms with E-state index < -0.39 is 0 Å². The third-order valence-corrected chi connectivity index (χ3v) is 3.90. The van der Waals surface area contributed by atoms with Crippen LogP contribution in [0.3, 0.4) is 0 Å². The molecule has 4 nitrogen and oxygen atoms in total. The topological polar surface area (TPSA) is 49.4 Å². The monoisotopic (exact) mass is 350 g/mol. The molecule has 1 N–H and O–H groups in total. The quantitative estimate of drug-likeness (QED) is 0.843. The largest absolute Gasteiger partial charge is 0.272 e. The van der Waals surface area contributed by atoms with Gasteiger partial charge in [-0.05, 0) is 44.2 Å². The van der Waals surface area contributed by atoms with Crippen LogP contribution in [0.25, 0.3) is 0 Å². The second-order valence-corrected chi connectivity index (χ2v) is 6.02. The molecule has 6 heteroatoms. The summed E-state index contributed by atoms with van der Waals surface area (Å²) in [6.45, 7) is 3.61. The maximum atomic E-state index is 12.6. The van der Waals surface area contributed by atoms with Crippen molar-refractivity contribution in [3.05, 3.63) is 69.7 Å². The van der Waals surface area contributed by atoms with Crippen LogP contribution in [-0.4, -0.2) is 22.9 Å². The van der Waals surface area contributed by atoms with Gasteiger partial charge in [-0.25, -0.2) is 5.01 Å². The van der Waals surface area contributed by atoms with Crippen molar-refractivity contribution in [3.8, 4) is 0 Å². The van der Waals surface area contributed by atoms with Crippen molar-refractivity contribution >= 4 is 35.0 Å². The summed E-state index contributed by atoms with van der Waals surface area (Å²) in [5.41, 5.74) is 3.45. The third-order valence-electron chi connectivity index (χ3n) is 3.16. The van der Waals surface area contributed by atoms with Crippen LogP contribution in [-0.2, 0) is 0 Å². The lowest BCUT2D eigenvalue weighted by Crippen LogP contribution is -2.50. The van der Waals surface area contributed by atoms with E-state index in [2.05, 4.69) is 5.43 Å². The molecule has 2 rings (SSSR count). The number of hydrogen-bond acceptors (Lipinski definition) is 2. The summed E-state index contributed by atoms with van der Waals surface area (Å²) in [6, 6.07) is 13.1. The number of carbonyl (C=O) groups is 2. The highest BCUT2D eigenvalue weighted by Gasteiger charge is 2.22. The maximum Gasteiger partial charge on any atom is 0.272 e. The van der Waals surface area contributed by atoms with Crippen LogP contribution in [0, 0.1) is 0 Å². The summed E-state index contributed by atoms with van der Waals surface area (Å²) < 4.78 is 0. The second kappa shape index (κ2) is 7.49. The summed E-state index contributed by atoms with van der Waals surface area (Å²) in [5.74, 6) is -0.712. The fraction of sp³-hybridized carbons (Fsp3) is 0.176. The van der Waals surface area contributed by atoms with Gasteiger partial charge in [0.05, 0.1) is 10.0 Å². The summed E-state index contributed by atoms with van der Waals surface area (Å²) in [6.07, 6.45) is 0. The molecule has 2 amide bonds. The first kappa shape index (κ1) is 17.3. The Labute approximate surface area is 145 Å². The molecule has 0 atom stereocenters. The van der Waals surface area contributed by atoms with Crippen molar-refractivity contribution in [1.29, 1.82) is 0 Å². The van der Waals surface area contributed by atoms with Gasteiger partial charge in [-0.3, -0.25) is 15.0 Å². The fourth-order valence-electron chi connectivity index (χ4n) is 1.95. The number of nitrogens with one attached hydrogen (secondary N) is 1. The van der Waals surface area contributed by atoms with Crippen LogP contribution in [0.2, 0.25) is 10.0 Å². The number of rotatable bonds is 3. The molecule has 0 unspecified atom stereocenters. The first-order valence-electron chi connectivity index (χ1n) is 7.05. The van der Waals surface area contributed by atoms with E-state index in [4.69, 9.17) is 23.2 Å². The Morgan fingerprint density at radius 3 is 2.17 bits per heavy atom. The van der Waals surface area contributed by atoms with Crippen molar-refractivity contribution < 1.29 is 9.59 Å². The molecule has 0 aliphatic rings. The molecule has 23 heavy (non-hydrogen) atoms. The van der Waals surface area contributed by atoms with Gasteiger partial charge in [0.25, 0.3) is 11.8 Å². The van der Waals surface area contributed by atoms with E-state index in [1.807, 2.05) is 6.07 Å². The molecule has 0 saturated heterocycles. The Balaban J connectivity index is 2.22. The third kappa shape index (κ3) is 4.24. The Morgan fingerprint density at radius 2 is 1.61 bits per heavy atom. The zero-order valence-electron chi connectivity index (χ0n) is 12.7. The summed E-state index contributed by atoms with van der Waals surface area (Å²) in [7, 11) is 0. The zero-order chi connectivity index (χ0) is 17.0. The smallest absolute Gasteiger partial charge is 0.267 e.